The van der Waals surface area contributed by atoms with Crippen LogP contribution < -0.4 is 5.32 Å². The Balaban J connectivity index is 1.53. The lowest BCUT2D eigenvalue weighted by Crippen LogP contribution is -2.50. The number of carbonyl (C=O) groups excluding carboxylic acids is 2. The lowest BCUT2D eigenvalue weighted by Gasteiger charge is -2.34. The maximum absolute atomic E-state index is 13.1. The number of hydrogen-bond donors (Lipinski definition) is 1. The van der Waals surface area contributed by atoms with Crippen molar-refractivity contribution in [3.63, 3.8) is 0 Å². The van der Waals surface area contributed by atoms with Crippen LogP contribution in [0.4, 0.5) is 18.9 Å². The molecular weight excluding hydrogens is 427 g/mol. The molecule has 166 valence electrons. The molecule has 9 heteroatoms. The minimum atomic E-state index is -4.54. The minimum absolute atomic E-state index is 0.0303. The molecule has 31 heavy (non-hydrogen) atoms. The van der Waals surface area contributed by atoms with Crippen molar-refractivity contribution in [2.24, 2.45) is 0 Å². The van der Waals surface area contributed by atoms with E-state index in [0.29, 0.717) is 31.7 Å². The summed E-state index contributed by atoms with van der Waals surface area (Å²) < 4.78 is 39.3. The van der Waals surface area contributed by atoms with Crippen LogP contribution >= 0.6 is 11.8 Å². The summed E-state index contributed by atoms with van der Waals surface area (Å²) in [6.07, 6.45) is -2.53. The third-order valence-corrected chi connectivity index (χ3v) is 5.64. The Morgan fingerprint density at radius 1 is 1.03 bits per heavy atom. The first-order valence-corrected chi connectivity index (χ1v) is 11.2. The number of benzene rings is 2. The number of rotatable bonds is 6. The van der Waals surface area contributed by atoms with E-state index in [1.807, 2.05) is 29.4 Å². The number of nitrogens with zero attached hydrogens (tertiary/aromatic N) is 2. The van der Waals surface area contributed by atoms with Crippen molar-refractivity contribution in [3.8, 4) is 0 Å². The van der Waals surface area contributed by atoms with Gasteiger partial charge in [0, 0.05) is 37.5 Å². The van der Waals surface area contributed by atoms with Crippen molar-refractivity contribution in [1.82, 2.24) is 9.80 Å². The highest BCUT2D eigenvalue weighted by atomic mass is 32.2. The largest absolute Gasteiger partial charge is 0.418 e. The van der Waals surface area contributed by atoms with Gasteiger partial charge in [0.05, 0.1) is 17.8 Å². The van der Waals surface area contributed by atoms with Gasteiger partial charge in [-0.2, -0.15) is 24.9 Å². The standard InChI is InChI=1S/C22H24F3N3O2S/c1-31-15-16-5-4-6-17(13-16)21(30)28-11-9-27(10-12-28)14-20(29)26-19-8-3-2-7-18(19)22(23,24)25/h2-8,13H,9-12,14-15H2,1H3,(H,26,29). The number of halogens is 3. The molecule has 1 fully saturated rings. The number of thioether (sulfide) groups is 1. The molecule has 0 aromatic heterocycles. The Kier molecular flexibility index (Phi) is 7.61. The summed E-state index contributed by atoms with van der Waals surface area (Å²) >= 11 is 1.69. The van der Waals surface area contributed by atoms with Gasteiger partial charge in [-0.05, 0) is 36.1 Å². The lowest BCUT2D eigenvalue weighted by molar-refractivity contribution is -0.137. The molecule has 3 rings (SSSR count). The third-order valence-electron chi connectivity index (χ3n) is 5.02. The summed E-state index contributed by atoms with van der Waals surface area (Å²) in [5.74, 6) is 0.272. The number of amides is 2. The first kappa shape index (κ1) is 23.1. The summed E-state index contributed by atoms with van der Waals surface area (Å²) in [6.45, 7) is 1.84. The van der Waals surface area contributed by atoms with E-state index in [1.54, 1.807) is 22.7 Å². The monoisotopic (exact) mass is 451 g/mol. The van der Waals surface area contributed by atoms with Gasteiger partial charge >= 0.3 is 6.18 Å². The van der Waals surface area contributed by atoms with Gasteiger partial charge in [0.2, 0.25) is 5.91 Å². The van der Waals surface area contributed by atoms with Crippen LogP contribution in [0.15, 0.2) is 48.5 Å². The van der Waals surface area contributed by atoms with Gasteiger partial charge in [-0.25, -0.2) is 0 Å². The summed E-state index contributed by atoms with van der Waals surface area (Å²) in [7, 11) is 0. The Morgan fingerprint density at radius 2 is 1.74 bits per heavy atom. The van der Waals surface area contributed by atoms with E-state index in [2.05, 4.69) is 5.32 Å². The van der Waals surface area contributed by atoms with Gasteiger partial charge in [-0.1, -0.05) is 24.3 Å². The van der Waals surface area contributed by atoms with Crippen molar-refractivity contribution in [2.45, 2.75) is 11.9 Å². The maximum Gasteiger partial charge on any atom is 0.418 e. The Morgan fingerprint density at radius 3 is 2.42 bits per heavy atom. The number of carbonyl (C=O) groups is 2. The van der Waals surface area contributed by atoms with Gasteiger partial charge in [-0.15, -0.1) is 0 Å². The van der Waals surface area contributed by atoms with Crippen molar-refractivity contribution in [2.75, 3.05) is 44.3 Å². The van der Waals surface area contributed by atoms with Crippen molar-refractivity contribution in [1.29, 1.82) is 0 Å². The quantitative estimate of drug-likeness (QED) is 0.722. The second-order valence-corrected chi connectivity index (χ2v) is 8.16. The van der Waals surface area contributed by atoms with Gasteiger partial charge < -0.3 is 10.2 Å². The first-order chi connectivity index (χ1) is 14.8. The highest BCUT2D eigenvalue weighted by Gasteiger charge is 2.33. The predicted octanol–water partition coefficient (Wildman–Crippen LogP) is 3.96. The zero-order valence-electron chi connectivity index (χ0n) is 17.1. The van der Waals surface area contributed by atoms with E-state index < -0.39 is 17.6 Å². The van der Waals surface area contributed by atoms with E-state index in [1.165, 1.54) is 18.2 Å². The number of anilines is 1. The highest BCUT2D eigenvalue weighted by molar-refractivity contribution is 7.97. The van der Waals surface area contributed by atoms with Crippen LogP contribution in [-0.4, -0.2) is 60.6 Å². The Bertz CT molecular complexity index is 928. The number of piperazine rings is 1. The van der Waals surface area contributed by atoms with Crippen LogP contribution in [0.25, 0.3) is 0 Å². The predicted molar refractivity (Wildman–Crippen MR) is 116 cm³/mol. The molecule has 2 amide bonds. The molecule has 0 bridgehead atoms. The van der Waals surface area contributed by atoms with Gasteiger partial charge in [-0.3, -0.25) is 14.5 Å². The average molecular weight is 452 g/mol. The molecule has 1 heterocycles. The Labute approximate surface area is 183 Å². The average Bonchev–Trinajstić information content (AvgIpc) is 2.74. The second-order valence-electron chi connectivity index (χ2n) is 7.29. The number of alkyl halides is 3. The van der Waals surface area contributed by atoms with Crippen LogP contribution in [0.2, 0.25) is 0 Å². The zero-order valence-corrected chi connectivity index (χ0v) is 17.9. The van der Waals surface area contributed by atoms with E-state index >= 15 is 0 Å². The van der Waals surface area contributed by atoms with Crippen LogP contribution in [0.5, 0.6) is 0 Å². The number of nitrogens with one attached hydrogen (secondary N) is 1. The second kappa shape index (κ2) is 10.2. The maximum atomic E-state index is 13.1. The van der Waals surface area contributed by atoms with Crippen molar-refractivity contribution in [3.05, 3.63) is 65.2 Å². The normalized spacial score (nSPS) is 15.0. The molecule has 5 nitrogen and oxygen atoms in total. The molecule has 0 atom stereocenters. The molecule has 1 aliphatic rings. The van der Waals surface area contributed by atoms with E-state index in [9.17, 15) is 22.8 Å². The van der Waals surface area contributed by atoms with E-state index in [0.717, 1.165) is 17.4 Å². The minimum Gasteiger partial charge on any atom is -0.336 e. The molecule has 0 saturated carbocycles. The molecule has 0 aliphatic carbocycles. The first-order valence-electron chi connectivity index (χ1n) is 9.83. The van der Waals surface area contributed by atoms with Crippen LogP contribution in [0.1, 0.15) is 21.5 Å². The van der Waals surface area contributed by atoms with Gasteiger partial charge in [0.15, 0.2) is 0 Å². The van der Waals surface area contributed by atoms with Crippen molar-refractivity contribution >= 4 is 29.3 Å². The molecule has 2 aromatic carbocycles. The van der Waals surface area contributed by atoms with Crippen LogP contribution in [0.3, 0.4) is 0 Å². The molecule has 2 aromatic rings. The molecular formula is C22H24F3N3O2S. The number of hydrogen-bond acceptors (Lipinski definition) is 4. The van der Waals surface area contributed by atoms with Crippen LogP contribution in [0, 0.1) is 0 Å². The fourth-order valence-corrected chi connectivity index (χ4v) is 4.00. The van der Waals surface area contributed by atoms with Gasteiger partial charge in [0.25, 0.3) is 5.91 Å². The fraction of sp³-hybridized carbons (Fsp3) is 0.364. The summed E-state index contributed by atoms with van der Waals surface area (Å²) in [5, 5.41) is 2.36. The van der Waals surface area contributed by atoms with Crippen molar-refractivity contribution < 1.29 is 22.8 Å². The molecule has 1 N–H and O–H groups in total. The van der Waals surface area contributed by atoms with Crippen LogP contribution in [-0.2, 0) is 16.7 Å². The molecule has 0 unspecified atom stereocenters. The number of para-hydroxylation sites is 1. The van der Waals surface area contributed by atoms with E-state index in [4.69, 9.17) is 0 Å². The summed E-state index contributed by atoms with van der Waals surface area (Å²) in [6, 6.07) is 12.5. The summed E-state index contributed by atoms with van der Waals surface area (Å²) in [4.78, 5) is 28.6. The molecule has 1 saturated heterocycles. The SMILES string of the molecule is CSCc1cccc(C(=O)N2CCN(CC(=O)Nc3ccccc3C(F)(F)F)CC2)c1. The highest BCUT2D eigenvalue weighted by Crippen LogP contribution is 2.34. The smallest absolute Gasteiger partial charge is 0.336 e. The lowest BCUT2D eigenvalue weighted by atomic mass is 10.1. The molecule has 0 spiro atoms. The fourth-order valence-electron chi connectivity index (χ4n) is 3.48. The molecule has 1 aliphatic heterocycles. The Hall–Kier alpha value is -2.52. The summed E-state index contributed by atoms with van der Waals surface area (Å²) in [5.41, 5.74) is 0.607. The zero-order chi connectivity index (χ0) is 22.4. The topological polar surface area (TPSA) is 52.7 Å². The van der Waals surface area contributed by atoms with E-state index in [-0.39, 0.29) is 18.1 Å². The third kappa shape index (κ3) is 6.24. The van der Waals surface area contributed by atoms with Gasteiger partial charge in [0.1, 0.15) is 0 Å². The molecule has 0 radical (unpaired) electrons.